The van der Waals surface area contributed by atoms with Gasteiger partial charge in [0.05, 0.1) is 6.54 Å². The lowest BCUT2D eigenvalue weighted by Crippen LogP contribution is -2.32. The molecule has 0 unspecified atom stereocenters. The number of rotatable bonds is 2. The summed E-state index contributed by atoms with van der Waals surface area (Å²) in [4.78, 5) is 19.3. The van der Waals surface area contributed by atoms with Crippen molar-refractivity contribution < 1.29 is 18.3 Å². The highest BCUT2D eigenvalue weighted by atomic mass is 19.1. The molecule has 0 aliphatic carbocycles. The van der Waals surface area contributed by atoms with Crippen LogP contribution in [-0.4, -0.2) is 28.9 Å². The zero-order valence-corrected chi connectivity index (χ0v) is 15.5. The Morgan fingerprint density at radius 2 is 1.93 bits per heavy atom. The van der Waals surface area contributed by atoms with Gasteiger partial charge in [-0.05, 0) is 42.5 Å². The fourth-order valence-corrected chi connectivity index (χ4v) is 3.49. The summed E-state index contributed by atoms with van der Waals surface area (Å²) in [7, 11) is 0. The normalized spacial score (nSPS) is 13.6. The van der Waals surface area contributed by atoms with E-state index in [2.05, 4.69) is 4.98 Å². The van der Waals surface area contributed by atoms with E-state index in [1.165, 1.54) is 12.1 Å². The van der Waals surface area contributed by atoms with Gasteiger partial charge in [0.25, 0.3) is 5.91 Å². The standard InChI is InChI=1S/C23H17FN2O3/c24-18-6-3-5-15(12-18)22-25-19-13-16(8-9-21(19)29-22)23(27)26-10-11-28-20-7-2-1-4-17(20)14-26/h1-9,12-13H,10-11,14H2. The Morgan fingerprint density at radius 1 is 1.03 bits per heavy atom. The van der Waals surface area contributed by atoms with E-state index >= 15 is 0 Å². The molecular formula is C23H17FN2O3. The maximum absolute atomic E-state index is 13.5. The minimum Gasteiger partial charge on any atom is -0.491 e. The van der Waals surface area contributed by atoms with Gasteiger partial charge in [0.2, 0.25) is 5.89 Å². The smallest absolute Gasteiger partial charge is 0.254 e. The summed E-state index contributed by atoms with van der Waals surface area (Å²) in [5.41, 5.74) is 3.16. The van der Waals surface area contributed by atoms with Gasteiger partial charge in [-0.2, -0.15) is 0 Å². The molecule has 0 fully saturated rings. The fraction of sp³-hybridized carbons (Fsp3) is 0.130. The number of nitrogens with zero attached hydrogens (tertiary/aromatic N) is 2. The molecule has 2 heterocycles. The molecular weight excluding hydrogens is 371 g/mol. The van der Waals surface area contributed by atoms with E-state index in [4.69, 9.17) is 9.15 Å². The van der Waals surface area contributed by atoms with Crippen LogP contribution < -0.4 is 4.74 Å². The number of carbonyl (C=O) groups excluding carboxylic acids is 1. The Hall–Kier alpha value is -3.67. The molecule has 4 aromatic rings. The second-order valence-corrected chi connectivity index (χ2v) is 6.89. The molecule has 29 heavy (non-hydrogen) atoms. The van der Waals surface area contributed by atoms with E-state index in [-0.39, 0.29) is 11.7 Å². The molecule has 0 spiro atoms. The van der Waals surface area contributed by atoms with Crippen LogP contribution in [0.3, 0.4) is 0 Å². The van der Waals surface area contributed by atoms with Crippen LogP contribution in [0.1, 0.15) is 15.9 Å². The van der Waals surface area contributed by atoms with Gasteiger partial charge in [-0.15, -0.1) is 0 Å². The molecule has 6 heteroatoms. The van der Waals surface area contributed by atoms with Crippen molar-refractivity contribution in [2.24, 2.45) is 0 Å². The van der Waals surface area contributed by atoms with Crippen molar-refractivity contribution in [1.82, 2.24) is 9.88 Å². The predicted molar refractivity (Wildman–Crippen MR) is 106 cm³/mol. The zero-order chi connectivity index (χ0) is 19.8. The summed E-state index contributed by atoms with van der Waals surface area (Å²) >= 11 is 0. The van der Waals surface area contributed by atoms with Gasteiger partial charge in [-0.3, -0.25) is 4.79 Å². The summed E-state index contributed by atoms with van der Waals surface area (Å²) in [6, 6.07) is 19.0. The Labute approximate surface area is 166 Å². The van der Waals surface area contributed by atoms with E-state index < -0.39 is 0 Å². The number of fused-ring (bicyclic) bond motifs is 2. The van der Waals surface area contributed by atoms with Gasteiger partial charge in [-0.25, -0.2) is 9.37 Å². The maximum atomic E-state index is 13.5. The van der Waals surface area contributed by atoms with Crippen molar-refractivity contribution in [3.05, 3.63) is 83.7 Å². The Balaban J connectivity index is 1.45. The molecule has 144 valence electrons. The number of aromatic nitrogens is 1. The molecule has 1 aromatic heterocycles. The van der Waals surface area contributed by atoms with Gasteiger partial charge in [-0.1, -0.05) is 24.3 Å². The molecule has 3 aromatic carbocycles. The van der Waals surface area contributed by atoms with E-state index in [1.807, 2.05) is 24.3 Å². The van der Waals surface area contributed by atoms with E-state index in [0.29, 0.717) is 47.8 Å². The highest BCUT2D eigenvalue weighted by Gasteiger charge is 2.21. The lowest BCUT2D eigenvalue weighted by Gasteiger charge is -2.19. The summed E-state index contributed by atoms with van der Waals surface area (Å²) in [5, 5.41) is 0. The van der Waals surface area contributed by atoms with Crippen LogP contribution in [0.25, 0.3) is 22.6 Å². The first-order valence-electron chi connectivity index (χ1n) is 9.34. The Bertz CT molecular complexity index is 1220. The van der Waals surface area contributed by atoms with Crippen LogP contribution in [0.4, 0.5) is 4.39 Å². The van der Waals surface area contributed by atoms with Crippen molar-refractivity contribution in [3.8, 4) is 17.2 Å². The molecule has 1 aliphatic heterocycles. The van der Waals surface area contributed by atoms with Crippen LogP contribution in [0, 0.1) is 5.82 Å². The number of para-hydroxylation sites is 1. The first kappa shape index (κ1) is 17.4. The van der Waals surface area contributed by atoms with Crippen LogP contribution in [0.5, 0.6) is 5.75 Å². The topological polar surface area (TPSA) is 55.6 Å². The van der Waals surface area contributed by atoms with E-state index in [1.54, 1.807) is 35.2 Å². The summed E-state index contributed by atoms with van der Waals surface area (Å²) in [5.74, 6) is 0.683. The van der Waals surface area contributed by atoms with E-state index in [0.717, 1.165) is 11.3 Å². The minimum atomic E-state index is -0.357. The number of benzene rings is 3. The van der Waals surface area contributed by atoms with Gasteiger partial charge in [0.15, 0.2) is 5.58 Å². The first-order chi connectivity index (χ1) is 14.2. The summed E-state index contributed by atoms with van der Waals surface area (Å²) in [6.45, 7) is 1.43. The van der Waals surface area contributed by atoms with Crippen LogP contribution in [0.2, 0.25) is 0 Å². The monoisotopic (exact) mass is 388 g/mol. The van der Waals surface area contributed by atoms with Crippen molar-refractivity contribution in [2.45, 2.75) is 6.54 Å². The quantitative estimate of drug-likeness (QED) is 0.501. The van der Waals surface area contributed by atoms with Crippen LogP contribution in [-0.2, 0) is 6.54 Å². The van der Waals surface area contributed by atoms with Crippen molar-refractivity contribution in [2.75, 3.05) is 13.2 Å². The second kappa shape index (κ2) is 7.05. The van der Waals surface area contributed by atoms with Gasteiger partial charge in [0.1, 0.15) is 23.7 Å². The molecule has 1 amide bonds. The maximum Gasteiger partial charge on any atom is 0.254 e. The molecule has 0 saturated heterocycles. The third-order valence-corrected chi connectivity index (χ3v) is 4.95. The number of hydrogen-bond acceptors (Lipinski definition) is 4. The zero-order valence-electron chi connectivity index (χ0n) is 15.5. The molecule has 0 atom stereocenters. The molecule has 5 nitrogen and oxygen atoms in total. The van der Waals surface area contributed by atoms with Crippen molar-refractivity contribution >= 4 is 17.0 Å². The average Bonchev–Trinajstić information content (AvgIpc) is 3.05. The highest BCUT2D eigenvalue weighted by molar-refractivity contribution is 5.97. The molecule has 0 bridgehead atoms. The lowest BCUT2D eigenvalue weighted by atomic mass is 10.1. The second-order valence-electron chi connectivity index (χ2n) is 6.89. The van der Waals surface area contributed by atoms with Crippen LogP contribution in [0.15, 0.2) is 71.1 Å². The number of amides is 1. The predicted octanol–water partition coefficient (Wildman–Crippen LogP) is 4.67. The van der Waals surface area contributed by atoms with Crippen LogP contribution >= 0.6 is 0 Å². The van der Waals surface area contributed by atoms with Gasteiger partial charge in [0, 0.05) is 23.2 Å². The van der Waals surface area contributed by atoms with E-state index in [9.17, 15) is 9.18 Å². The van der Waals surface area contributed by atoms with Crippen molar-refractivity contribution in [3.63, 3.8) is 0 Å². The fourth-order valence-electron chi connectivity index (χ4n) is 3.49. The highest BCUT2D eigenvalue weighted by Crippen LogP contribution is 2.27. The molecule has 1 aliphatic rings. The lowest BCUT2D eigenvalue weighted by molar-refractivity contribution is 0.0733. The molecule has 5 rings (SSSR count). The first-order valence-corrected chi connectivity index (χ1v) is 9.34. The van der Waals surface area contributed by atoms with Gasteiger partial charge < -0.3 is 14.1 Å². The third-order valence-electron chi connectivity index (χ3n) is 4.95. The Kier molecular flexibility index (Phi) is 4.24. The number of hydrogen-bond donors (Lipinski definition) is 0. The third kappa shape index (κ3) is 3.33. The molecule has 0 N–H and O–H groups in total. The minimum absolute atomic E-state index is 0.0949. The Morgan fingerprint density at radius 3 is 2.83 bits per heavy atom. The SMILES string of the molecule is O=C(c1ccc2oc(-c3cccc(F)c3)nc2c1)N1CCOc2ccccc2C1. The van der Waals surface area contributed by atoms with Gasteiger partial charge >= 0.3 is 0 Å². The molecule has 0 radical (unpaired) electrons. The van der Waals surface area contributed by atoms with Crippen molar-refractivity contribution in [1.29, 1.82) is 0 Å². The number of carbonyl (C=O) groups is 1. The largest absolute Gasteiger partial charge is 0.491 e. The number of ether oxygens (including phenoxy) is 1. The summed E-state index contributed by atoms with van der Waals surface area (Å²) < 4.78 is 25.0. The summed E-state index contributed by atoms with van der Waals surface area (Å²) in [6.07, 6.45) is 0. The molecule has 0 saturated carbocycles. The average molecular weight is 388 g/mol. The number of halogens is 1. The number of oxazole rings is 1.